The van der Waals surface area contributed by atoms with Crippen molar-refractivity contribution in [3.05, 3.63) is 17.0 Å². The van der Waals surface area contributed by atoms with Gasteiger partial charge in [0.1, 0.15) is 17.7 Å². The van der Waals surface area contributed by atoms with Crippen molar-refractivity contribution in [2.24, 2.45) is 0 Å². The van der Waals surface area contributed by atoms with Gasteiger partial charge in [0, 0.05) is 6.20 Å². The van der Waals surface area contributed by atoms with E-state index in [1.165, 1.54) is 12.5 Å². The molecule has 7 heteroatoms. The van der Waals surface area contributed by atoms with Crippen LogP contribution in [0.1, 0.15) is 0 Å². The Morgan fingerprint density at radius 2 is 1.87 bits per heavy atom. The molecule has 0 unspecified atom stereocenters. The van der Waals surface area contributed by atoms with Gasteiger partial charge in [-0.1, -0.05) is 0 Å². The van der Waals surface area contributed by atoms with E-state index in [4.69, 9.17) is 15.3 Å². The Hall–Kier alpha value is -0.760. The minimum absolute atomic E-state index is 0.405. The minimum Gasteiger partial charge on any atom is -0.394 e. The van der Waals surface area contributed by atoms with Crippen molar-refractivity contribution in [3.8, 4) is 0 Å². The zero-order valence-electron chi connectivity index (χ0n) is 7.89. The van der Waals surface area contributed by atoms with Crippen molar-refractivity contribution in [1.29, 1.82) is 0 Å². The Morgan fingerprint density at radius 1 is 1.27 bits per heavy atom. The lowest BCUT2D eigenvalue weighted by Gasteiger charge is -2.29. The van der Waals surface area contributed by atoms with E-state index in [2.05, 4.69) is 31.2 Å². The lowest BCUT2D eigenvalue weighted by Crippen LogP contribution is -2.49. The summed E-state index contributed by atoms with van der Waals surface area (Å²) in [5, 5.41) is 30.0. The largest absolute Gasteiger partial charge is 0.394 e. The molecular weight excluding hydrogens is 266 g/mol. The number of aromatic nitrogens is 2. The molecule has 84 valence electrons. The van der Waals surface area contributed by atoms with Crippen LogP contribution in [-0.4, -0.2) is 50.6 Å². The maximum absolute atomic E-state index is 9.09. The van der Waals surface area contributed by atoms with Crippen LogP contribution >= 0.6 is 15.9 Å². The van der Waals surface area contributed by atoms with Crippen LogP contribution in [0.15, 0.2) is 17.0 Å². The zero-order chi connectivity index (χ0) is 11.3. The summed E-state index contributed by atoms with van der Waals surface area (Å²) in [7, 11) is 0. The van der Waals surface area contributed by atoms with Gasteiger partial charge in [-0.05, 0) is 15.9 Å². The van der Waals surface area contributed by atoms with E-state index < -0.39 is 25.4 Å². The molecule has 0 aromatic carbocycles. The van der Waals surface area contributed by atoms with Gasteiger partial charge in [0.15, 0.2) is 0 Å². The van der Waals surface area contributed by atoms with E-state index in [-0.39, 0.29) is 0 Å². The molecule has 0 aliphatic rings. The van der Waals surface area contributed by atoms with Gasteiger partial charge in [-0.15, -0.1) is 0 Å². The Kier molecular flexibility index (Phi) is 4.40. The summed E-state index contributed by atoms with van der Waals surface area (Å²) >= 11 is 3.20. The van der Waals surface area contributed by atoms with Gasteiger partial charge in [0.2, 0.25) is 0 Å². The minimum atomic E-state index is -1.18. The Morgan fingerprint density at radius 3 is 2.33 bits per heavy atom. The predicted molar refractivity (Wildman–Crippen MR) is 57.3 cm³/mol. The third-order valence-electron chi connectivity index (χ3n) is 1.96. The average Bonchev–Trinajstić information content (AvgIpc) is 2.29. The molecule has 15 heavy (non-hydrogen) atoms. The highest BCUT2D eigenvalue weighted by Crippen LogP contribution is 2.21. The van der Waals surface area contributed by atoms with Crippen LogP contribution in [0.5, 0.6) is 0 Å². The lowest BCUT2D eigenvalue weighted by molar-refractivity contribution is 0.0830. The quantitative estimate of drug-likeness (QED) is 0.572. The number of anilines is 1. The number of rotatable bonds is 5. The summed E-state index contributed by atoms with van der Waals surface area (Å²) in [5.41, 5.74) is -1.18. The first kappa shape index (κ1) is 12.3. The van der Waals surface area contributed by atoms with Crippen molar-refractivity contribution >= 4 is 21.7 Å². The fourth-order valence-corrected chi connectivity index (χ4v) is 1.24. The number of hydrogen-bond donors (Lipinski definition) is 4. The van der Waals surface area contributed by atoms with E-state index in [9.17, 15) is 0 Å². The van der Waals surface area contributed by atoms with Crippen LogP contribution in [0.2, 0.25) is 0 Å². The van der Waals surface area contributed by atoms with E-state index in [0.29, 0.717) is 10.3 Å². The molecule has 0 spiro atoms. The second-order valence-corrected chi connectivity index (χ2v) is 3.95. The summed E-state index contributed by atoms with van der Waals surface area (Å²) in [6.07, 6.45) is 2.84. The third-order valence-corrected chi connectivity index (χ3v) is 2.54. The molecule has 1 heterocycles. The highest BCUT2D eigenvalue weighted by Gasteiger charge is 2.28. The predicted octanol–water partition coefficient (Wildman–Crippen LogP) is -0.633. The first-order valence-electron chi connectivity index (χ1n) is 4.24. The molecule has 0 atom stereocenters. The van der Waals surface area contributed by atoms with Gasteiger partial charge in [-0.2, -0.15) is 0 Å². The lowest BCUT2D eigenvalue weighted by atomic mass is 10.0. The van der Waals surface area contributed by atoms with Crippen LogP contribution in [0, 0.1) is 0 Å². The Labute approximate surface area is 95.1 Å². The highest BCUT2D eigenvalue weighted by molar-refractivity contribution is 9.10. The molecular formula is C8H12BrN3O3. The molecule has 6 nitrogen and oxygen atoms in total. The molecule has 0 bridgehead atoms. The molecule has 0 radical (unpaired) electrons. The van der Waals surface area contributed by atoms with Gasteiger partial charge in [-0.25, -0.2) is 9.97 Å². The van der Waals surface area contributed by atoms with Crippen molar-refractivity contribution in [3.63, 3.8) is 0 Å². The van der Waals surface area contributed by atoms with Gasteiger partial charge < -0.3 is 20.6 Å². The molecule has 0 saturated carbocycles. The van der Waals surface area contributed by atoms with Crippen LogP contribution in [0.3, 0.4) is 0 Å². The van der Waals surface area contributed by atoms with Crippen molar-refractivity contribution in [1.82, 2.24) is 9.97 Å². The number of halogens is 1. The zero-order valence-corrected chi connectivity index (χ0v) is 9.48. The summed E-state index contributed by atoms with van der Waals surface area (Å²) in [6.45, 7) is -1.22. The fourth-order valence-electron chi connectivity index (χ4n) is 0.924. The number of nitrogens with one attached hydrogen (secondary N) is 1. The van der Waals surface area contributed by atoms with Gasteiger partial charge in [-0.3, -0.25) is 0 Å². The normalized spacial score (nSPS) is 11.5. The Balaban J connectivity index is 2.88. The topological polar surface area (TPSA) is 98.5 Å². The maximum Gasteiger partial charge on any atom is 0.144 e. The summed E-state index contributed by atoms with van der Waals surface area (Å²) in [5.74, 6) is 0.405. The highest BCUT2D eigenvalue weighted by atomic mass is 79.9. The van der Waals surface area contributed by atoms with E-state index >= 15 is 0 Å². The van der Waals surface area contributed by atoms with Crippen LogP contribution in [0.4, 0.5) is 5.82 Å². The smallest absolute Gasteiger partial charge is 0.144 e. The molecule has 0 aliphatic heterocycles. The number of hydrogen-bond acceptors (Lipinski definition) is 6. The van der Waals surface area contributed by atoms with Gasteiger partial charge >= 0.3 is 0 Å². The van der Waals surface area contributed by atoms with Crippen LogP contribution in [0.25, 0.3) is 0 Å². The fraction of sp³-hybridized carbons (Fsp3) is 0.500. The molecule has 0 aliphatic carbocycles. The number of aliphatic hydroxyl groups excluding tert-OH is 3. The van der Waals surface area contributed by atoms with Gasteiger partial charge in [0.25, 0.3) is 0 Å². The first-order chi connectivity index (χ1) is 7.17. The summed E-state index contributed by atoms with van der Waals surface area (Å²) in [4.78, 5) is 7.67. The standard InChI is InChI=1S/C8H12BrN3O3/c9-6-1-10-5-11-7(6)12-8(2-13,3-14)4-15/h1,5,13-15H,2-4H2,(H,10,11,12). The SMILES string of the molecule is OCC(CO)(CO)Nc1ncncc1Br. The Bertz CT molecular complexity index is 311. The van der Waals surface area contributed by atoms with Crippen molar-refractivity contribution in [2.75, 3.05) is 25.1 Å². The number of aliphatic hydroxyl groups is 3. The molecule has 0 amide bonds. The van der Waals surface area contributed by atoms with Gasteiger partial charge in [0.05, 0.1) is 24.3 Å². The molecule has 1 aromatic heterocycles. The van der Waals surface area contributed by atoms with Crippen molar-refractivity contribution in [2.45, 2.75) is 5.54 Å². The monoisotopic (exact) mass is 277 g/mol. The molecule has 1 aromatic rings. The second kappa shape index (κ2) is 5.36. The molecule has 0 fully saturated rings. The van der Waals surface area contributed by atoms with Crippen molar-refractivity contribution < 1.29 is 15.3 Å². The number of nitrogens with zero attached hydrogens (tertiary/aromatic N) is 2. The van der Waals surface area contributed by atoms with E-state index in [1.54, 1.807) is 0 Å². The van der Waals surface area contributed by atoms with E-state index in [0.717, 1.165) is 0 Å². The summed E-state index contributed by atoms with van der Waals surface area (Å²) < 4.78 is 0.588. The maximum atomic E-state index is 9.09. The van der Waals surface area contributed by atoms with E-state index in [1.807, 2.05) is 0 Å². The molecule has 4 N–H and O–H groups in total. The third kappa shape index (κ3) is 2.85. The van der Waals surface area contributed by atoms with Crippen LogP contribution < -0.4 is 5.32 Å². The molecule has 0 saturated heterocycles. The second-order valence-electron chi connectivity index (χ2n) is 3.10. The summed E-state index contributed by atoms with van der Waals surface area (Å²) in [6, 6.07) is 0. The average molecular weight is 278 g/mol. The first-order valence-corrected chi connectivity index (χ1v) is 5.03. The molecule has 1 rings (SSSR count). The van der Waals surface area contributed by atoms with Crippen LogP contribution in [-0.2, 0) is 0 Å².